The number of nitrogens with zero attached hydrogens (tertiary/aromatic N) is 1. The smallest absolute Gasteiger partial charge is 0.407 e. The molecular weight excluding hydrogens is 146 g/mol. The van der Waals surface area contributed by atoms with E-state index in [9.17, 15) is 4.79 Å². The van der Waals surface area contributed by atoms with E-state index in [4.69, 9.17) is 10.2 Å². The average Bonchev–Trinajstić information content (AvgIpc) is 2.63. The van der Waals surface area contributed by atoms with Crippen LogP contribution in [0.25, 0.3) is 0 Å². The molecule has 4 heteroatoms. The lowest BCUT2D eigenvalue weighted by Crippen LogP contribution is -2.61. The topological polar surface area (TPSA) is 60.8 Å². The molecule has 11 heavy (non-hydrogen) atoms. The zero-order valence-corrected chi connectivity index (χ0v) is 6.16. The molecule has 0 aromatic rings. The number of aliphatic hydroxyl groups is 1. The van der Waals surface area contributed by atoms with E-state index in [0.29, 0.717) is 6.54 Å². The van der Waals surface area contributed by atoms with Crippen molar-refractivity contribution in [2.75, 3.05) is 13.2 Å². The molecule has 1 aliphatic carbocycles. The molecule has 2 N–H and O–H groups in total. The van der Waals surface area contributed by atoms with Gasteiger partial charge in [-0.3, -0.25) is 0 Å². The Hall–Kier alpha value is -0.770. The van der Waals surface area contributed by atoms with Crippen molar-refractivity contribution < 1.29 is 15.0 Å². The van der Waals surface area contributed by atoms with Crippen LogP contribution in [0.15, 0.2) is 0 Å². The molecule has 2 aliphatic rings. The normalized spacial score (nSPS) is 31.7. The van der Waals surface area contributed by atoms with E-state index < -0.39 is 6.09 Å². The first-order chi connectivity index (χ1) is 5.19. The van der Waals surface area contributed by atoms with Crippen LogP contribution in [0.4, 0.5) is 4.79 Å². The molecule has 2 fully saturated rings. The minimum absolute atomic E-state index is 0.0215. The monoisotopic (exact) mass is 157 g/mol. The Morgan fingerprint density at radius 3 is 2.64 bits per heavy atom. The third-order valence-electron chi connectivity index (χ3n) is 2.88. The Kier molecular flexibility index (Phi) is 1.18. The number of hydrogen-bond acceptors (Lipinski definition) is 2. The first kappa shape index (κ1) is 6.91. The number of rotatable bonds is 1. The van der Waals surface area contributed by atoms with Gasteiger partial charge in [0.05, 0.1) is 12.6 Å². The van der Waals surface area contributed by atoms with Crippen LogP contribution in [0.5, 0.6) is 0 Å². The van der Waals surface area contributed by atoms with Crippen molar-refractivity contribution in [3.8, 4) is 0 Å². The van der Waals surface area contributed by atoms with Crippen molar-refractivity contribution >= 4 is 6.09 Å². The minimum Gasteiger partial charge on any atom is -0.465 e. The van der Waals surface area contributed by atoms with Crippen molar-refractivity contribution in [3.63, 3.8) is 0 Å². The van der Waals surface area contributed by atoms with E-state index in [-0.39, 0.29) is 18.1 Å². The van der Waals surface area contributed by atoms with Gasteiger partial charge in [-0.25, -0.2) is 4.79 Å². The Bertz CT molecular complexity index is 200. The highest BCUT2D eigenvalue weighted by molar-refractivity contribution is 5.67. The molecule has 1 spiro atoms. The molecule has 0 bridgehead atoms. The summed E-state index contributed by atoms with van der Waals surface area (Å²) in [4.78, 5) is 11.8. The summed E-state index contributed by atoms with van der Waals surface area (Å²) in [5.41, 5.74) is 0.188. The molecule has 1 aliphatic heterocycles. The first-order valence-corrected chi connectivity index (χ1v) is 3.80. The predicted molar refractivity (Wildman–Crippen MR) is 37.3 cm³/mol. The first-order valence-electron chi connectivity index (χ1n) is 3.80. The standard InChI is InChI=1S/C7H11NO3/c9-3-5-7(1-2-7)4-8(5)6(10)11/h5,9H,1-4H2,(H,10,11). The van der Waals surface area contributed by atoms with Gasteiger partial charge >= 0.3 is 6.09 Å². The van der Waals surface area contributed by atoms with E-state index in [0.717, 1.165) is 12.8 Å². The Balaban J connectivity index is 2.03. The van der Waals surface area contributed by atoms with E-state index in [1.807, 2.05) is 0 Å². The number of carboxylic acid groups (broad SMARTS) is 1. The fourth-order valence-electron chi connectivity index (χ4n) is 1.92. The maximum absolute atomic E-state index is 10.5. The summed E-state index contributed by atoms with van der Waals surface area (Å²) >= 11 is 0. The molecule has 0 aromatic heterocycles. The molecule has 1 unspecified atom stereocenters. The summed E-state index contributed by atoms with van der Waals surface area (Å²) in [5.74, 6) is 0. The van der Waals surface area contributed by atoms with Crippen molar-refractivity contribution in [1.82, 2.24) is 4.90 Å². The van der Waals surface area contributed by atoms with Gasteiger partial charge in [-0.1, -0.05) is 0 Å². The summed E-state index contributed by atoms with van der Waals surface area (Å²) in [6.07, 6.45) is 1.27. The molecule has 4 nitrogen and oxygen atoms in total. The van der Waals surface area contributed by atoms with Gasteiger partial charge in [0, 0.05) is 12.0 Å². The summed E-state index contributed by atoms with van der Waals surface area (Å²) in [6, 6.07) is -0.111. The number of carbonyl (C=O) groups is 1. The molecule has 0 radical (unpaired) electrons. The van der Waals surface area contributed by atoms with Crippen LogP contribution in [0.1, 0.15) is 12.8 Å². The lowest BCUT2D eigenvalue weighted by atomic mass is 9.86. The van der Waals surface area contributed by atoms with E-state index >= 15 is 0 Å². The maximum Gasteiger partial charge on any atom is 0.407 e. The van der Waals surface area contributed by atoms with Crippen LogP contribution in [0.2, 0.25) is 0 Å². The highest BCUT2D eigenvalue weighted by Gasteiger charge is 2.61. The fraction of sp³-hybridized carbons (Fsp3) is 0.857. The largest absolute Gasteiger partial charge is 0.465 e. The SMILES string of the molecule is O=C(O)N1CC2(CC2)C1CO. The zero-order chi connectivity index (χ0) is 8.06. The quantitative estimate of drug-likeness (QED) is 0.568. The number of likely N-dealkylation sites (tertiary alicyclic amines) is 1. The summed E-state index contributed by atoms with van der Waals surface area (Å²) < 4.78 is 0. The van der Waals surface area contributed by atoms with Crippen molar-refractivity contribution in [2.45, 2.75) is 18.9 Å². The third-order valence-corrected chi connectivity index (χ3v) is 2.88. The van der Waals surface area contributed by atoms with Crippen LogP contribution >= 0.6 is 0 Å². The highest BCUT2D eigenvalue weighted by atomic mass is 16.4. The second kappa shape index (κ2) is 1.88. The van der Waals surface area contributed by atoms with Crippen LogP contribution in [0, 0.1) is 5.41 Å². The van der Waals surface area contributed by atoms with Gasteiger partial charge < -0.3 is 15.1 Å². The summed E-state index contributed by atoms with van der Waals surface area (Å²) in [5, 5.41) is 17.5. The minimum atomic E-state index is -0.901. The van der Waals surface area contributed by atoms with Gasteiger partial charge in [0.25, 0.3) is 0 Å². The second-order valence-electron chi connectivity index (χ2n) is 3.47. The molecule has 1 atom stereocenters. The van der Waals surface area contributed by atoms with Crippen LogP contribution < -0.4 is 0 Å². The van der Waals surface area contributed by atoms with Gasteiger partial charge in [0.15, 0.2) is 0 Å². The van der Waals surface area contributed by atoms with Crippen LogP contribution in [0.3, 0.4) is 0 Å². The fourth-order valence-corrected chi connectivity index (χ4v) is 1.92. The van der Waals surface area contributed by atoms with E-state index in [1.54, 1.807) is 0 Å². The molecule has 1 amide bonds. The van der Waals surface area contributed by atoms with Gasteiger partial charge in [-0.05, 0) is 12.8 Å². The number of aliphatic hydroxyl groups excluding tert-OH is 1. The van der Waals surface area contributed by atoms with E-state index in [2.05, 4.69) is 0 Å². The Morgan fingerprint density at radius 1 is 1.64 bits per heavy atom. The lowest BCUT2D eigenvalue weighted by molar-refractivity contribution is -0.0217. The third kappa shape index (κ3) is 0.758. The number of amides is 1. The van der Waals surface area contributed by atoms with Gasteiger partial charge in [0.2, 0.25) is 0 Å². The molecule has 1 heterocycles. The maximum atomic E-state index is 10.5. The summed E-state index contributed by atoms with van der Waals surface area (Å²) in [6.45, 7) is 0.611. The molecule has 0 aromatic carbocycles. The zero-order valence-electron chi connectivity index (χ0n) is 6.16. The predicted octanol–water partition coefficient (Wildman–Crippen LogP) is 0.121. The average molecular weight is 157 g/mol. The molecule has 2 rings (SSSR count). The van der Waals surface area contributed by atoms with Gasteiger partial charge in [-0.2, -0.15) is 0 Å². The molecule has 1 saturated carbocycles. The van der Waals surface area contributed by atoms with Crippen molar-refractivity contribution in [3.05, 3.63) is 0 Å². The Labute approximate surface area is 64.4 Å². The van der Waals surface area contributed by atoms with Crippen LogP contribution in [-0.4, -0.2) is 40.4 Å². The molecule has 1 saturated heterocycles. The molecule has 62 valence electrons. The Morgan fingerprint density at radius 2 is 2.27 bits per heavy atom. The highest BCUT2D eigenvalue weighted by Crippen LogP contribution is 2.57. The lowest BCUT2D eigenvalue weighted by Gasteiger charge is -2.46. The van der Waals surface area contributed by atoms with Gasteiger partial charge in [0.1, 0.15) is 0 Å². The van der Waals surface area contributed by atoms with Crippen LogP contribution in [-0.2, 0) is 0 Å². The van der Waals surface area contributed by atoms with E-state index in [1.165, 1.54) is 4.90 Å². The number of hydrogen-bond donors (Lipinski definition) is 2. The van der Waals surface area contributed by atoms with Crippen molar-refractivity contribution in [1.29, 1.82) is 0 Å². The molecular formula is C7H11NO3. The second-order valence-corrected chi connectivity index (χ2v) is 3.47. The summed E-state index contributed by atoms with van der Waals surface area (Å²) in [7, 11) is 0. The van der Waals surface area contributed by atoms with Gasteiger partial charge in [-0.15, -0.1) is 0 Å². The van der Waals surface area contributed by atoms with Crippen molar-refractivity contribution in [2.24, 2.45) is 5.41 Å².